The molecule has 1 saturated carbocycles. The van der Waals surface area contributed by atoms with Crippen LogP contribution < -0.4 is 5.69 Å². The molecule has 0 unspecified atom stereocenters. The molecule has 0 N–H and O–H groups in total. The Morgan fingerprint density at radius 2 is 1.83 bits per heavy atom. The van der Waals surface area contributed by atoms with E-state index >= 15 is 0 Å². The molecular formula is C13H22N4O. The molecule has 18 heavy (non-hydrogen) atoms. The van der Waals surface area contributed by atoms with Gasteiger partial charge in [-0.15, -0.1) is 0 Å². The highest BCUT2D eigenvalue weighted by Crippen LogP contribution is 2.33. The summed E-state index contributed by atoms with van der Waals surface area (Å²) in [4.78, 5) is 16.9. The summed E-state index contributed by atoms with van der Waals surface area (Å²) >= 11 is 0. The van der Waals surface area contributed by atoms with Gasteiger partial charge in [-0.2, -0.15) is 0 Å². The first-order chi connectivity index (χ1) is 8.74. The molecule has 3 rings (SSSR count). The smallest absolute Gasteiger partial charge is 0.304 e. The monoisotopic (exact) mass is 250 g/mol. The van der Waals surface area contributed by atoms with Crippen LogP contribution in [0.2, 0.25) is 0 Å². The Kier molecular flexibility index (Phi) is 3.26. The van der Waals surface area contributed by atoms with Gasteiger partial charge in [0.25, 0.3) is 0 Å². The number of hydrogen-bond donors (Lipinski definition) is 0. The molecule has 5 nitrogen and oxygen atoms in total. The summed E-state index contributed by atoms with van der Waals surface area (Å²) in [7, 11) is 2.16. The van der Waals surface area contributed by atoms with Crippen LogP contribution in [0.25, 0.3) is 0 Å². The Hall–Kier alpha value is -1.07. The summed E-state index contributed by atoms with van der Waals surface area (Å²) in [6.45, 7) is 6.32. The van der Waals surface area contributed by atoms with E-state index in [0.717, 1.165) is 39.3 Å². The Morgan fingerprint density at radius 3 is 2.50 bits per heavy atom. The quantitative estimate of drug-likeness (QED) is 0.767. The van der Waals surface area contributed by atoms with Crippen LogP contribution in [0.3, 0.4) is 0 Å². The predicted molar refractivity (Wildman–Crippen MR) is 70.9 cm³/mol. The first kappa shape index (κ1) is 12.0. The van der Waals surface area contributed by atoms with E-state index in [1.807, 2.05) is 21.5 Å². The van der Waals surface area contributed by atoms with E-state index in [-0.39, 0.29) is 5.69 Å². The summed E-state index contributed by atoms with van der Waals surface area (Å²) in [6, 6.07) is 0.488. The minimum atomic E-state index is 0.173. The minimum absolute atomic E-state index is 0.173. The molecule has 1 saturated heterocycles. The first-order valence-corrected chi connectivity index (χ1v) is 6.92. The summed E-state index contributed by atoms with van der Waals surface area (Å²) in [5.41, 5.74) is 0.173. The average molecular weight is 250 g/mol. The molecule has 2 aliphatic rings. The lowest BCUT2D eigenvalue weighted by atomic mass is 10.3. The number of imidazole rings is 1. The van der Waals surface area contributed by atoms with E-state index in [2.05, 4.69) is 16.8 Å². The summed E-state index contributed by atoms with van der Waals surface area (Å²) in [6.07, 6.45) is 6.23. The van der Waals surface area contributed by atoms with Crippen LogP contribution in [-0.4, -0.2) is 58.7 Å². The SMILES string of the molecule is CN1CCN(CCn2ccn(C3CC3)c2=O)CC1. The average Bonchev–Trinajstić information content (AvgIpc) is 3.14. The Bertz CT molecular complexity index is 452. The van der Waals surface area contributed by atoms with Crippen molar-refractivity contribution < 1.29 is 0 Å². The maximum atomic E-state index is 12.1. The van der Waals surface area contributed by atoms with Gasteiger partial charge in [-0.1, -0.05) is 0 Å². The van der Waals surface area contributed by atoms with E-state index < -0.39 is 0 Å². The van der Waals surface area contributed by atoms with Gasteiger partial charge in [-0.25, -0.2) is 4.79 Å². The number of hydrogen-bond acceptors (Lipinski definition) is 3. The van der Waals surface area contributed by atoms with Crippen LogP contribution >= 0.6 is 0 Å². The summed E-state index contributed by atoms with van der Waals surface area (Å²) in [5, 5.41) is 0. The lowest BCUT2D eigenvalue weighted by molar-refractivity contribution is 0.149. The van der Waals surface area contributed by atoms with Crippen molar-refractivity contribution in [1.82, 2.24) is 18.9 Å². The lowest BCUT2D eigenvalue weighted by Crippen LogP contribution is -2.45. The molecule has 5 heteroatoms. The third kappa shape index (κ3) is 2.52. The normalized spacial score (nSPS) is 22.5. The topological polar surface area (TPSA) is 33.4 Å². The van der Waals surface area contributed by atoms with E-state index in [9.17, 15) is 4.79 Å². The largest absolute Gasteiger partial charge is 0.328 e. The summed E-state index contributed by atoms with van der Waals surface area (Å²) in [5.74, 6) is 0. The van der Waals surface area contributed by atoms with Crippen LogP contribution in [0.1, 0.15) is 18.9 Å². The molecule has 0 radical (unpaired) electrons. The van der Waals surface area contributed by atoms with Crippen LogP contribution in [0.4, 0.5) is 0 Å². The molecule has 1 aliphatic heterocycles. The Morgan fingerprint density at radius 1 is 1.11 bits per heavy atom. The highest BCUT2D eigenvalue weighted by molar-refractivity contribution is 4.91. The van der Waals surface area contributed by atoms with Crippen molar-refractivity contribution >= 4 is 0 Å². The van der Waals surface area contributed by atoms with Crippen molar-refractivity contribution in [2.24, 2.45) is 0 Å². The molecule has 0 bridgehead atoms. The van der Waals surface area contributed by atoms with Crippen LogP contribution in [0.15, 0.2) is 17.2 Å². The minimum Gasteiger partial charge on any atom is -0.304 e. The maximum absolute atomic E-state index is 12.1. The van der Waals surface area contributed by atoms with Gasteiger partial charge in [-0.05, 0) is 19.9 Å². The number of aromatic nitrogens is 2. The predicted octanol–water partition coefficient (Wildman–Crippen LogP) is 0.232. The van der Waals surface area contributed by atoms with Gasteiger partial charge in [0.05, 0.1) is 0 Å². The van der Waals surface area contributed by atoms with Crippen molar-refractivity contribution in [3.8, 4) is 0 Å². The zero-order valence-corrected chi connectivity index (χ0v) is 11.1. The molecule has 2 heterocycles. The molecule has 1 aromatic rings. The van der Waals surface area contributed by atoms with Gasteiger partial charge in [0.1, 0.15) is 0 Å². The second-order valence-electron chi connectivity index (χ2n) is 5.56. The second kappa shape index (κ2) is 4.90. The van der Waals surface area contributed by atoms with Gasteiger partial charge < -0.3 is 4.90 Å². The highest BCUT2D eigenvalue weighted by Gasteiger charge is 2.25. The van der Waals surface area contributed by atoms with Gasteiger partial charge in [0.15, 0.2) is 0 Å². The lowest BCUT2D eigenvalue weighted by Gasteiger charge is -2.32. The number of likely N-dealkylation sites (N-methyl/N-ethyl adjacent to an activating group) is 1. The second-order valence-corrected chi connectivity index (χ2v) is 5.56. The van der Waals surface area contributed by atoms with Gasteiger partial charge >= 0.3 is 5.69 Å². The number of rotatable bonds is 4. The fourth-order valence-electron chi connectivity index (χ4n) is 2.55. The third-order valence-electron chi connectivity index (χ3n) is 4.07. The molecule has 0 aromatic carbocycles. The van der Waals surface area contributed by atoms with Crippen molar-refractivity contribution in [3.63, 3.8) is 0 Å². The first-order valence-electron chi connectivity index (χ1n) is 6.92. The van der Waals surface area contributed by atoms with Crippen LogP contribution in [0.5, 0.6) is 0 Å². The van der Waals surface area contributed by atoms with Crippen molar-refractivity contribution in [2.45, 2.75) is 25.4 Å². The van der Waals surface area contributed by atoms with Gasteiger partial charge in [0, 0.05) is 57.7 Å². The highest BCUT2D eigenvalue weighted by atomic mass is 16.1. The van der Waals surface area contributed by atoms with Gasteiger partial charge in [0.2, 0.25) is 0 Å². The zero-order valence-electron chi connectivity index (χ0n) is 11.1. The van der Waals surface area contributed by atoms with Crippen LogP contribution in [-0.2, 0) is 6.54 Å². The van der Waals surface area contributed by atoms with Crippen molar-refractivity contribution in [1.29, 1.82) is 0 Å². The van der Waals surface area contributed by atoms with E-state index in [1.165, 1.54) is 12.8 Å². The van der Waals surface area contributed by atoms with Crippen molar-refractivity contribution in [3.05, 3.63) is 22.9 Å². The molecule has 0 amide bonds. The number of piperazine rings is 1. The fraction of sp³-hybridized carbons (Fsp3) is 0.769. The van der Waals surface area contributed by atoms with E-state index in [4.69, 9.17) is 0 Å². The molecule has 1 aliphatic carbocycles. The molecular weight excluding hydrogens is 228 g/mol. The molecule has 2 fully saturated rings. The Labute approximate surface area is 108 Å². The van der Waals surface area contributed by atoms with E-state index in [1.54, 1.807) is 0 Å². The molecule has 0 spiro atoms. The molecule has 0 atom stereocenters. The fourth-order valence-corrected chi connectivity index (χ4v) is 2.55. The summed E-state index contributed by atoms with van der Waals surface area (Å²) < 4.78 is 3.75. The number of nitrogens with zero attached hydrogens (tertiary/aromatic N) is 4. The standard InChI is InChI=1S/C13H22N4O/c1-14-4-6-15(7-5-14)8-9-16-10-11-17(13(16)18)12-2-3-12/h10-12H,2-9H2,1H3. The zero-order chi connectivity index (χ0) is 12.5. The third-order valence-corrected chi connectivity index (χ3v) is 4.07. The maximum Gasteiger partial charge on any atom is 0.328 e. The van der Waals surface area contributed by atoms with Crippen molar-refractivity contribution in [2.75, 3.05) is 39.8 Å². The molecule has 100 valence electrons. The van der Waals surface area contributed by atoms with Crippen LogP contribution in [0, 0.1) is 0 Å². The Balaban J connectivity index is 1.55. The van der Waals surface area contributed by atoms with Gasteiger partial charge in [-0.3, -0.25) is 14.0 Å². The molecule has 1 aromatic heterocycles. The van der Waals surface area contributed by atoms with E-state index in [0.29, 0.717) is 6.04 Å².